The molecular weight excluding hydrogens is 579 g/mol. The van der Waals surface area contributed by atoms with Crippen molar-refractivity contribution >= 4 is 29.4 Å². The molecule has 1 heterocycles. The number of carbonyl (C=O) groups is 3. The zero-order chi connectivity index (χ0) is 31.2. The number of amides is 2. The monoisotopic (exact) mass is 612 g/mol. The van der Waals surface area contributed by atoms with E-state index in [1.165, 1.54) is 12.1 Å². The summed E-state index contributed by atoms with van der Waals surface area (Å²) >= 11 is 6.23. The van der Waals surface area contributed by atoms with E-state index in [-0.39, 0.29) is 36.5 Å². The lowest BCUT2D eigenvalue weighted by atomic mass is 9.77. The number of carboxylic acids is 1. The fourth-order valence-electron chi connectivity index (χ4n) is 5.89. The zero-order valence-electron chi connectivity index (χ0n) is 24.4. The molecule has 44 heavy (non-hydrogen) atoms. The molecule has 4 aromatic carbocycles. The van der Waals surface area contributed by atoms with Crippen LogP contribution >= 0.6 is 11.6 Å². The average molecular weight is 613 g/mol. The Bertz CT molecular complexity index is 1640. The predicted octanol–water partition coefficient (Wildman–Crippen LogP) is 7.56. The number of benzene rings is 4. The lowest BCUT2D eigenvalue weighted by Crippen LogP contribution is -2.34. The molecule has 0 bridgehead atoms. The topological polar surface area (TPSA) is 86.7 Å². The van der Waals surface area contributed by atoms with Crippen molar-refractivity contribution in [2.45, 2.75) is 51.1 Å². The number of aliphatic carboxylic acids is 1. The van der Waals surface area contributed by atoms with Crippen LogP contribution in [-0.2, 0) is 22.7 Å². The van der Waals surface area contributed by atoms with Gasteiger partial charge in [0.15, 0.2) is 0 Å². The van der Waals surface area contributed by atoms with Crippen LogP contribution < -0.4 is 5.32 Å². The van der Waals surface area contributed by atoms with Crippen molar-refractivity contribution < 1.29 is 23.9 Å². The van der Waals surface area contributed by atoms with Gasteiger partial charge in [-0.3, -0.25) is 14.4 Å². The molecule has 0 saturated heterocycles. The molecule has 4 aromatic rings. The Morgan fingerprint density at radius 3 is 2.16 bits per heavy atom. The van der Waals surface area contributed by atoms with Crippen LogP contribution in [-0.4, -0.2) is 34.3 Å². The summed E-state index contributed by atoms with van der Waals surface area (Å²) in [4.78, 5) is 39.7. The highest BCUT2D eigenvalue weighted by molar-refractivity contribution is 6.30. The number of hydrogen-bond donors (Lipinski definition) is 2. The summed E-state index contributed by atoms with van der Waals surface area (Å²) < 4.78 is 13.5. The quantitative estimate of drug-likeness (QED) is 0.183. The molecular formula is C36H34ClFN2O4. The molecule has 5 rings (SSSR count). The van der Waals surface area contributed by atoms with Gasteiger partial charge in [-0.1, -0.05) is 73.5 Å². The van der Waals surface area contributed by atoms with E-state index in [2.05, 4.69) is 18.3 Å². The van der Waals surface area contributed by atoms with E-state index in [4.69, 9.17) is 16.7 Å². The van der Waals surface area contributed by atoms with Crippen LogP contribution in [0.3, 0.4) is 0 Å². The van der Waals surface area contributed by atoms with Gasteiger partial charge in [-0.15, -0.1) is 0 Å². The summed E-state index contributed by atoms with van der Waals surface area (Å²) in [6.07, 6.45) is 1.45. The number of carboxylic acid groups (broad SMARTS) is 1. The SMILES string of the molecule is CCCC(c1ccc(C(=O)NCCC(=O)O)cc1)C(C(=O)N1Cc2ccc(-c3ccc(F)cc3)cc2C1)c1ccc(Cl)cc1. The fourth-order valence-corrected chi connectivity index (χ4v) is 6.02. The summed E-state index contributed by atoms with van der Waals surface area (Å²) in [5.41, 5.74) is 6.29. The Hall–Kier alpha value is -4.49. The van der Waals surface area contributed by atoms with Gasteiger partial charge < -0.3 is 15.3 Å². The van der Waals surface area contributed by atoms with Gasteiger partial charge in [0.1, 0.15) is 5.82 Å². The minimum atomic E-state index is -0.976. The van der Waals surface area contributed by atoms with Crippen molar-refractivity contribution in [2.24, 2.45) is 0 Å². The molecule has 0 saturated carbocycles. The summed E-state index contributed by atoms with van der Waals surface area (Å²) in [5.74, 6) is -2.22. The van der Waals surface area contributed by atoms with E-state index in [0.29, 0.717) is 23.7 Å². The summed E-state index contributed by atoms with van der Waals surface area (Å²) in [6.45, 7) is 3.10. The molecule has 2 atom stereocenters. The second-order valence-electron chi connectivity index (χ2n) is 11.1. The molecule has 0 aliphatic carbocycles. The smallest absolute Gasteiger partial charge is 0.305 e. The third kappa shape index (κ3) is 7.17. The minimum absolute atomic E-state index is 0.0146. The molecule has 0 radical (unpaired) electrons. The Kier molecular flexibility index (Phi) is 9.75. The van der Waals surface area contributed by atoms with E-state index in [9.17, 15) is 18.8 Å². The number of nitrogens with one attached hydrogen (secondary N) is 1. The maximum atomic E-state index is 14.5. The highest BCUT2D eigenvalue weighted by Crippen LogP contribution is 2.40. The highest BCUT2D eigenvalue weighted by Gasteiger charge is 2.36. The number of fused-ring (bicyclic) bond motifs is 1. The van der Waals surface area contributed by atoms with E-state index >= 15 is 0 Å². The minimum Gasteiger partial charge on any atom is -0.481 e. The molecule has 226 valence electrons. The first-order valence-electron chi connectivity index (χ1n) is 14.8. The summed E-state index contributed by atoms with van der Waals surface area (Å²) in [6, 6.07) is 27.2. The number of hydrogen-bond acceptors (Lipinski definition) is 3. The largest absolute Gasteiger partial charge is 0.481 e. The van der Waals surface area contributed by atoms with Crippen LogP contribution in [0.4, 0.5) is 4.39 Å². The van der Waals surface area contributed by atoms with Crippen LogP contribution in [0.2, 0.25) is 5.02 Å². The molecule has 0 fully saturated rings. The Balaban J connectivity index is 1.41. The third-order valence-corrected chi connectivity index (χ3v) is 8.39. The van der Waals surface area contributed by atoms with Gasteiger partial charge in [-0.05, 0) is 88.2 Å². The van der Waals surface area contributed by atoms with Crippen molar-refractivity contribution in [1.29, 1.82) is 0 Å². The van der Waals surface area contributed by atoms with Gasteiger partial charge >= 0.3 is 5.97 Å². The highest BCUT2D eigenvalue weighted by atomic mass is 35.5. The van der Waals surface area contributed by atoms with E-state index in [1.54, 1.807) is 36.4 Å². The molecule has 8 heteroatoms. The molecule has 2 N–H and O–H groups in total. The zero-order valence-corrected chi connectivity index (χ0v) is 25.2. The second kappa shape index (κ2) is 13.9. The molecule has 2 unspecified atom stereocenters. The van der Waals surface area contributed by atoms with Crippen molar-refractivity contribution in [1.82, 2.24) is 10.2 Å². The lowest BCUT2D eigenvalue weighted by molar-refractivity contribution is -0.137. The summed E-state index contributed by atoms with van der Waals surface area (Å²) in [5, 5.41) is 12.1. The second-order valence-corrected chi connectivity index (χ2v) is 11.6. The number of carbonyl (C=O) groups excluding carboxylic acids is 2. The summed E-state index contributed by atoms with van der Waals surface area (Å²) in [7, 11) is 0. The Morgan fingerprint density at radius 1 is 0.864 bits per heavy atom. The molecule has 0 aromatic heterocycles. The average Bonchev–Trinajstić information content (AvgIpc) is 3.45. The van der Waals surface area contributed by atoms with Crippen LogP contribution in [0.1, 0.15) is 70.6 Å². The molecule has 6 nitrogen and oxygen atoms in total. The first-order valence-corrected chi connectivity index (χ1v) is 15.1. The van der Waals surface area contributed by atoms with Crippen LogP contribution in [0.25, 0.3) is 11.1 Å². The van der Waals surface area contributed by atoms with Gasteiger partial charge in [0.05, 0.1) is 12.3 Å². The van der Waals surface area contributed by atoms with Crippen molar-refractivity contribution in [3.05, 3.63) is 130 Å². The van der Waals surface area contributed by atoms with Crippen LogP contribution in [0.15, 0.2) is 91.0 Å². The number of halogens is 2. The number of rotatable bonds is 11. The lowest BCUT2D eigenvalue weighted by Gasteiger charge is -2.31. The Labute approximate surface area is 261 Å². The normalized spacial score (nSPS) is 13.7. The van der Waals surface area contributed by atoms with Crippen LogP contribution in [0.5, 0.6) is 0 Å². The molecule has 1 aliphatic rings. The van der Waals surface area contributed by atoms with E-state index in [1.807, 2.05) is 41.3 Å². The van der Waals surface area contributed by atoms with Crippen molar-refractivity contribution in [3.63, 3.8) is 0 Å². The first-order chi connectivity index (χ1) is 21.2. The van der Waals surface area contributed by atoms with Crippen LogP contribution in [0, 0.1) is 5.82 Å². The van der Waals surface area contributed by atoms with Crippen molar-refractivity contribution in [2.75, 3.05) is 6.54 Å². The predicted molar refractivity (Wildman–Crippen MR) is 169 cm³/mol. The van der Waals surface area contributed by atoms with Gasteiger partial charge in [-0.2, -0.15) is 0 Å². The third-order valence-electron chi connectivity index (χ3n) is 8.14. The first kappa shape index (κ1) is 31.0. The fraction of sp³-hybridized carbons (Fsp3) is 0.250. The molecule has 0 spiro atoms. The maximum absolute atomic E-state index is 14.5. The van der Waals surface area contributed by atoms with E-state index < -0.39 is 11.9 Å². The van der Waals surface area contributed by atoms with Gasteiger partial charge in [0.2, 0.25) is 5.91 Å². The maximum Gasteiger partial charge on any atom is 0.305 e. The molecule has 1 aliphatic heterocycles. The van der Waals surface area contributed by atoms with Gasteiger partial charge in [-0.25, -0.2) is 4.39 Å². The standard InChI is InChI=1S/C36H34ClFN2O4/c1-2-3-32(24-4-6-26(7-5-24)35(43)39-19-18-33(41)42)34(25-10-14-30(37)15-11-25)36(44)40-21-28-9-8-27(20-29(28)22-40)23-12-16-31(38)17-13-23/h4-17,20,32,34H,2-3,18-19,21-22H2,1H3,(H,39,43)(H,41,42). The molecule has 2 amide bonds. The van der Waals surface area contributed by atoms with E-state index in [0.717, 1.165) is 46.2 Å². The van der Waals surface area contributed by atoms with Gasteiger partial charge in [0.25, 0.3) is 5.91 Å². The van der Waals surface area contributed by atoms with Gasteiger partial charge in [0, 0.05) is 30.2 Å². The number of nitrogens with zero attached hydrogens (tertiary/aromatic N) is 1. The van der Waals surface area contributed by atoms with Crippen molar-refractivity contribution in [3.8, 4) is 11.1 Å². The Morgan fingerprint density at radius 2 is 1.50 bits per heavy atom.